The number of hydrogen-bond donors (Lipinski definition) is 1. The highest BCUT2D eigenvalue weighted by atomic mass is 16.1. The maximum Gasteiger partial charge on any atom is 0.248 e. The highest BCUT2D eigenvalue weighted by molar-refractivity contribution is 5.93. The van der Waals surface area contributed by atoms with Crippen molar-refractivity contribution in [3.05, 3.63) is 46.5 Å². The summed E-state index contributed by atoms with van der Waals surface area (Å²) in [5.41, 5.74) is 10.1. The molecule has 1 heterocycles. The Hall–Kier alpha value is -1.61. The zero-order valence-corrected chi connectivity index (χ0v) is 16.0. The fourth-order valence-electron chi connectivity index (χ4n) is 3.98. The predicted octanol–water partition coefficient (Wildman–Crippen LogP) is 4.05. The first-order chi connectivity index (χ1) is 11.2. The van der Waals surface area contributed by atoms with Gasteiger partial charge in [0.05, 0.1) is 0 Å². The zero-order chi connectivity index (χ0) is 18.1. The molecular weight excluding hydrogens is 296 g/mol. The molecule has 1 aromatic rings. The van der Waals surface area contributed by atoms with E-state index in [4.69, 9.17) is 5.73 Å². The van der Waals surface area contributed by atoms with E-state index in [1.165, 1.54) is 16.7 Å². The summed E-state index contributed by atoms with van der Waals surface area (Å²) in [4.78, 5) is 14.2. The summed E-state index contributed by atoms with van der Waals surface area (Å²) in [5, 5.41) is 0. The molecule has 132 valence electrons. The Labute approximate surface area is 146 Å². The molecule has 3 nitrogen and oxygen atoms in total. The van der Waals surface area contributed by atoms with Gasteiger partial charge >= 0.3 is 0 Å². The van der Waals surface area contributed by atoms with Gasteiger partial charge in [-0.05, 0) is 75.3 Å². The highest BCUT2D eigenvalue weighted by Crippen LogP contribution is 2.43. The van der Waals surface area contributed by atoms with E-state index >= 15 is 0 Å². The molecule has 0 spiro atoms. The third-order valence-electron chi connectivity index (χ3n) is 6.09. The van der Waals surface area contributed by atoms with Gasteiger partial charge in [0.25, 0.3) is 0 Å². The van der Waals surface area contributed by atoms with E-state index in [1.54, 1.807) is 0 Å². The summed E-state index contributed by atoms with van der Waals surface area (Å²) in [6.07, 6.45) is 3.41. The first-order valence-electron chi connectivity index (χ1n) is 8.95. The van der Waals surface area contributed by atoms with Crippen molar-refractivity contribution in [3.8, 4) is 0 Å². The summed E-state index contributed by atoms with van der Waals surface area (Å²) >= 11 is 0. The molecule has 0 aromatic heterocycles. The standard InChI is InChI=1S/C21H32N2O/c1-14(2)9-11-23-12-10-21(6,16(4)17(23)5)19-13-18(20(22)24)8-7-15(19)3/h7-9,13,16-17H,10-12H2,1-6H3,(H2,22,24)/t16-,17+,21+/m0/s1. The van der Waals surface area contributed by atoms with Crippen LogP contribution in [-0.4, -0.2) is 29.9 Å². The van der Waals surface area contributed by atoms with Gasteiger partial charge in [0.15, 0.2) is 0 Å². The number of carbonyl (C=O) groups is 1. The molecule has 1 aromatic carbocycles. The smallest absolute Gasteiger partial charge is 0.248 e. The van der Waals surface area contributed by atoms with Crippen LogP contribution in [-0.2, 0) is 5.41 Å². The topological polar surface area (TPSA) is 46.3 Å². The van der Waals surface area contributed by atoms with Crippen LogP contribution in [0.3, 0.4) is 0 Å². The number of aryl methyl sites for hydroxylation is 1. The molecule has 0 bridgehead atoms. The number of primary amides is 1. The molecule has 24 heavy (non-hydrogen) atoms. The van der Waals surface area contributed by atoms with Crippen molar-refractivity contribution in [1.29, 1.82) is 0 Å². The fourth-order valence-corrected chi connectivity index (χ4v) is 3.98. The van der Waals surface area contributed by atoms with E-state index in [0.717, 1.165) is 19.5 Å². The van der Waals surface area contributed by atoms with E-state index in [0.29, 0.717) is 17.5 Å². The van der Waals surface area contributed by atoms with E-state index in [9.17, 15) is 4.79 Å². The molecule has 3 heteroatoms. The zero-order valence-electron chi connectivity index (χ0n) is 16.0. The van der Waals surface area contributed by atoms with Crippen molar-refractivity contribution in [2.75, 3.05) is 13.1 Å². The van der Waals surface area contributed by atoms with Gasteiger partial charge in [-0.2, -0.15) is 0 Å². The molecule has 1 amide bonds. The number of allylic oxidation sites excluding steroid dienone is 1. The van der Waals surface area contributed by atoms with E-state index in [-0.39, 0.29) is 11.3 Å². The number of benzene rings is 1. The lowest BCUT2D eigenvalue weighted by Crippen LogP contribution is -2.53. The number of piperidine rings is 1. The number of carbonyl (C=O) groups excluding carboxylic acids is 1. The molecule has 1 fully saturated rings. The summed E-state index contributed by atoms with van der Waals surface area (Å²) < 4.78 is 0. The average molecular weight is 329 g/mol. The largest absolute Gasteiger partial charge is 0.366 e. The van der Waals surface area contributed by atoms with Gasteiger partial charge in [0.2, 0.25) is 5.91 Å². The second-order valence-electron chi connectivity index (χ2n) is 7.87. The van der Waals surface area contributed by atoms with Gasteiger partial charge in [-0.25, -0.2) is 0 Å². The van der Waals surface area contributed by atoms with Crippen LogP contribution in [0.5, 0.6) is 0 Å². The Morgan fingerprint density at radius 1 is 1.38 bits per heavy atom. The van der Waals surface area contributed by atoms with Crippen molar-refractivity contribution in [3.63, 3.8) is 0 Å². The van der Waals surface area contributed by atoms with Crippen LogP contribution in [0.25, 0.3) is 0 Å². The highest BCUT2D eigenvalue weighted by Gasteiger charge is 2.42. The summed E-state index contributed by atoms with van der Waals surface area (Å²) in [5.74, 6) is 0.153. The molecular formula is C21H32N2O. The molecule has 0 saturated carbocycles. The molecule has 0 radical (unpaired) electrons. The Morgan fingerprint density at radius 3 is 2.62 bits per heavy atom. The van der Waals surface area contributed by atoms with Crippen LogP contribution in [0.2, 0.25) is 0 Å². The maximum absolute atomic E-state index is 11.6. The molecule has 2 N–H and O–H groups in total. The minimum Gasteiger partial charge on any atom is -0.366 e. The molecule has 3 atom stereocenters. The number of nitrogens with zero attached hydrogens (tertiary/aromatic N) is 1. The number of amides is 1. The second kappa shape index (κ2) is 7.10. The van der Waals surface area contributed by atoms with E-state index in [1.807, 2.05) is 18.2 Å². The third-order valence-corrected chi connectivity index (χ3v) is 6.09. The molecule has 0 aliphatic carbocycles. The molecule has 1 saturated heterocycles. The van der Waals surface area contributed by atoms with Crippen LogP contribution in [0, 0.1) is 12.8 Å². The molecule has 1 aliphatic rings. The average Bonchev–Trinajstić information content (AvgIpc) is 2.52. The van der Waals surface area contributed by atoms with Crippen molar-refractivity contribution in [2.24, 2.45) is 11.7 Å². The van der Waals surface area contributed by atoms with Gasteiger partial charge < -0.3 is 5.73 Å². The molecule has 0 unspecified atom stereocenters. The Balaban J connectivity index is 2.33. The van der Waals surface area contributed by atoms with Crippen molar-refractivity contribution < 1.29 is 4.79 Å². The van der Waals surface area contributed by atoms with E-state index < -0.39 is 0 Å². The fraction of sp³-hybridized carbons (Fsp3) is 0.571. The first kappa shape index (κ1) is 18.7. The van der Waals surface area contributed by atoms with Gasteiger partial charge in [0, 0.05) is 18.2 Å². The monoisotopic (exact) mass is 328 g/mol. The third kappa shape index (κ3) is 3.56. The number of likely N-dealkylation sites (tertiary alicyclic amines) is 1. The van der Waals surface area contributed by atoms with Crippen molar-refractivity contribution in [1.82, 2.24) is 4.90 Å². The van der Waals surface area contributed by atoms with Gasteiger partial charge in [0.1, 0.15) is 0 Å². The lowest BCUT2D eigenvalue weighted by Gasteiger charge is -2.50. The Kier molecular flexibility index (Phi) is 5.54. The number of rotatable bonds is 4. The lowest BCUT2D eigenvalue weighted by molar-refractivity contribution is 0.0620. The summed E-state index contributed by atoms with van der Waals surface area (Å²) in [7, 11) is 0. The normalized spacial score (nSPS) is 27.8. The van der Waals surface area contributed by atoms with Crippen LogP contribution in [0.15, 0.2) is 29.8 Å². The summed E-state index contributed by atoms with van der Waals surface area (Å²) in [6.45, 7) is 15.6. The SMILES string of the molecule is CC(C)=CCN1CC[C@@](C)(c2cc(C(N)=O)ccc2C)[C@@H](C)[C@H]1C. The van der Waals surface area contributed by atoms with Crippen LogP contribution < -0.4 is 5.73 Å². The van der Waals surface area contributed by atoms with Gasteiger partial charge in [-0.1, -0.05) is 31.6 Å². The predicted molar refractivity (Wildman–Crippen MR) is 101 cm³/mol. The molecule has 2 rings (SSSR count). The quantitative estimate of drug-likeness (QED) is 0.848. The lowest BCUT2D eigenvalue weighted by atomic mass is 9.64. The number of nitrogens with two attached hydrogens (primary N) is 1. The van der Waals surface area contributed by atoms with Crippen molar-refractivity contribution >= 4 is 5.91 Å². The van der Waals surface area contributed by atoms with E-state index in [2.05, 4.69) is 52.5 Å². The van der Waals surface area contributed by atoms with Gasteiger partial charge in [-0.3, -0.25) is 9.69 Å². The Morgan fingerprint density at radius 2 is 2.04 bits per heavy atom. The van der Waals surface area contributed by atoms with Gasteiger partial charge in [-0.15, -0.1) is 0 Å². The minimum atomic E-state index is -0.346. The van der Waals surface area contributed by atoms with Crippen LogP contribution >= 0.6 is 0 Å². The van der Waals surface area contributed by atoms with Crippen LogP contribution in [0.4, 0.5) is 0 Å². The molecule has 1 aliphatic heterocycles. The minimum absolute atomic E-state index is 0.0659. The number of hydrogen-bond acceptors (Lipinski definition) is 2. The Bertz CT molecular complexity index is 645. The second-order valence-corrected chi connectivity index (χ2v) is 7.87. The maximum atomic E-state index is 11.6. The van der Waals surface area contributed by atoms with Crippen LogP contribution in [0.1, 0.15) is 62.5 Å². The summed E-state index contributed by atoms with van der Waals surface area (Å²) in [6, 6.07) is 6.39. The van der Waals surface area contributed by atoms with Crippen molar-refractivity contribution in [2.45, 2.75) is 59.4 Å². The first-order valence-corrected chi connectivity index (χ1v) is 8.95.